The van der Waals surface area contributed by atoms with E-state index in [0.29, 0.717) is 6.61 Å². The van der Waals surface area contributed by atoms with E-state index in [2.05, 4.69) is 0 Å². The van der Waals surface area contributed by atoms with Crippen LogP contribution in [0.1, 0.15) is 23.6 Å². The average molecular weight is 178 g/mol. The van der Waals surface area contributed by atoms with Gasteiger partial charge in [0.25, 0.3) is 0 Å². The molecule has 0 saturated heterocycles. The van der Waals surface area contributed by atoms with E-state index in [1.54, 1.807) is 0 Å². The molecule has 1 aromatic carbocycles. The third-order valence-corrected chi connectivity index (χ3v) is 2.38. The molecule has 3 heteroatoms. The summed E-state index contributed by atoms with van der Waals surface area (Å²) in [4.78, 5) is 0. The van der Waals surface area contributed by atoms with Crippen molar-refractivity contribution in [2.45, 2.75) is 19.4 Å². The Kier molecular flexibility index (Phi) is 1.88. The first-order valence-corrected chi connectivity index (χ1v) is 4.47. The largest absolute Gasteiger partial charge is 0.493 e. The minimum atomic E-state index is 0.0318. The summed E-state index contributed by atoms with van der Waals surface area (Å²) >= 11 is 0. The summed E-state index contributed by atoms with van der Waals surface area (Å²) in [6.07, 6.45) is 0.847. The molecule has 0 saturated carbocycles. The minimum absolute atomic E-state index is 0.0318. The van der Waals surface area contributed by atoms with Gasteiger partial charge >= 0.3 is 0 Å². The number of rotatable bonds is 0. The van der Waals surface area contributed by atoms with Crippen molar-refractivity contribution in [3.8, 4) is 5.75 Å². The van der Waals surface area contributed by atoms with Crippen molar-refractivity contribution in [3.63, 3.8) is 0 Å². The number of hydrogen-bond acceptors (Lipinski definition) is 3. The quantitative estimate of drug-likeness (QED) is 0.590. The van der Waals surface area contributed by atoms with Gasteiger partial charge in [0.05, 0.1) is 6.61 Å². The number of anilines is 1. The van der Waals surface area contributed by atoms with Crippen molar-refractivity contribution in [1.82, 2.24) is 0 Å². The lowest BCUT2D eigenvalue weighted by molar-refractivity contribution is 0.269. The zero-order chi connectivity index (χ0) is 9.42. The zero-order valence-electron chi connectivity index (χ0n) is 7.71. The molecule has 1 heterocycles. The second-order valence-electron chi connectivity index (χ2n) is 3.51. The maximum Gasteiger partial charge on any atom is 0.126 e. The standard InChI is InChI=1S/C10H14N2O/c1-6-4-8(12)10-7(11)2-3-13-9(10)5-6/h4-5,7H,2-3,11-12H2,1H3/t7-/m1/s1. The Balaban J connectivity index is 2.56. The third kappa shape index (κ3) is 1.35. The van der Waals surface area contributed by atoms with Gasteiger partial charge in [-0.25, -0.2) is 0 Å². The second kappa shape index (κ2) is 2.92. The summed E-state index contributed by atoms with van der Waals surface area (Å²) in [6.45, 7) is 2.69. The summed E-state index contributed by atoms with van der Waals surface area (Å²) in [5.74, 6) is 0.858. The SMILES string of the molecule is Cc1cc(N)c2c(c1)OCC[C@H]2N. The van der Waals surface area contributed by atoms with E-state index in [0.717, 1.165) is 29.0 Å². The van der Waals surface area contributed by atoms with E-state index in [9.17, 15) is 0 Å². The minimum Gasteiger partial charge on any atom is -0.493 e. The Morgan fingerprint density at radius 2 is 2.23 bits per heavy atom. The molecule has 1 aliphatic heterocycles. The van der Waals surface area contributed by atoms with Crippen LogP contribution in [0.4, 0.5) is 5.69 Å². The lowest BCUT2D eigenvalue weighted by atomic mass is 9.98. The van der Waals surface area contributed by atoms with Gasteiger partial charge in [0.1, 0.15) is 5.75 Å². The Morgan fingerprint density at radius 1 is 1.46 bits per heavy atom. The van der Waals surface area contributed by atoms with Crippen LogP contribution >= 0.6 is 0 Å². The maximum absolute atomic E-state index is 5.94. The van der Waals surface area contributed by atoms with Crippen molar-refractivity contribution >= 4 is 5.69 Å². The number of hydrogen-bond donors (Lipinski definition) is 2. The average Bonchev–Trinajstić information content (AvgIpc) is 2.02. The van der Waals surface area contributed by atoms with Crippen molar-refractivity contribution < 1.29 is 4.74 Å². The van der Waals surface area contributed by atoms with Gasteiger partial charge in [-0.2, -0.15) is 0 Å². The summed E-state index contributed by atoms with van der Waals surface area (Å²) in [5, 5.41) is 0. The van der Waals surface area contributed by atoms with Crippen LogP contribution in [0.3, 0.4) is 0 Å². The van der Waals surface area contributed by atoms with Crippen molar-refractivity contribution in [1.29, 1.82) is 0 Å². The molecule has 0 radical (unpaired) electrons. The normalized spacial score (nSPS) is 20.6. The molecule has 0 unspecified atom stereocenters. The van der Waals surface area contributed by atoms with E-state index >= 15 is 0 Å². The summed E-state index contributed by atoms with van der Waals surface area (Å²) < 4.78 is 5.50. The van der Waals surface area contributed by atoms with Gasteiger partial charge in [0.2, 0.25) is 0 Å². The molecule has 70 valence electrons. The van der Waals surface area contributed by atoms with Gasteiger partial charge in [-0.1, -0.05) is 0 Å². The van der Waals surface area contributed by atoms with Crippen LogP contribution in [-0.4, -0.2) is 6.61 Å². The van der Waals surface area contributed by atoms with E-state index in [1.807, 2.05) is 19.1 Å². The van der Waals surface area contributed by atoms with Crippen LogP contribution in [0.5, 0.6) is 5.75 Å². The number of ether oxygens (including phenoxy) is 1. The van der Waals surface area contributed by atoms with E-state index in [1.165, 1.54) is 0 Å². The van der Waals surface area contributed by atoms with Crippen molar-refractivity contribution in [3.05, 3.63) is 23.3 Å². The highest BCUT2D eigenvalue weighted by Crippen LogP contribution is 2.35. The van der Waals surface area contributed by atoms with Crippen LogP contribution in [0.15, 0.2) is 12.1 Å². The highest BCUT2D eigenvalue weighted by molar-refractivity contribution is 5.58. The molecule has 2 rings (SSSR count). The Morgan fingerprint density at radius 3 is 3.00 bits per heavy atom. The molecule has 0 fully saturated rings. The predicted molar refractivity (Wildman–Crippen MR) is 52.6 cm³/mol. The van der Waals surface area contributed by atoms with Crippen LogP contribution in [-0.2, 0) is 0 Å². The molecular formula is C10H14N2O. The molecule has 0 aromatic heterocycles. The molecule has 1 aromatic rings. The van der Waals surface area contributed by atoms with Crippen LogP contribution in [0, 0.1) is 6.92 Å². The van der Waals surface area contributed by atoms with Gasteiger partial charge in [-0.3, -0.25) is 0 Å². The van der Waals surface area contributed by atoms with Gasteiger partial charge in [-0.15, -0.1) is 0 Å². The zero-order valence-corrected chi connectivity index (χ0v) is 7.71. The first-order chi connectivity index (χ1) is 6.18. The van der Waals surface area contributed by atoms with Crippen LogP contribution in [0.2, 0.25) is 0 Å². The van der Waals surface area contributed by atoms with Crippen molar-refractivity contribution in [2.75, 3.05) is 12.3 Å². The summed E-state index contributed by atoms with van der Waals surface area (Å²) in [7, 11) is 0. The van der Waals surface area contributed by atoms with Gasteiger partial charge in [-0.05, 0) is 24.6 Å². The van der Waals surface area contributed by atoms with E-state index in [-0.39, 0.29) is 6.04 Å². The Hall–Kier alpha value is -1.22. The monoisotopic (exact) mass is 178 g/mol. The molecule has 4 N–H and O–H groups in total. The number of fused-ring (bicyclic) bond motifs is 1. The molecule has 3 nitrogen and oxygen atoms in total. The number of nitrogens with two attached hydrogens (primary N) is 2. The summed E-state index contributed by atoms with van der Waals surface area (Å²) in [5.41, 5.74) is 14.6. The topological polar surface area (TPSA) is 61.3 Å². The predicted octanol–water partition coefficient (Wildman–Crippen LogP) is 1.36. The fourth-order valence-corrected chi connectivity index (χ4v) is 1.75. The smallest absolute Gasteiger partial charge is 0.126 e. The molecule has 1 atom stereocenters. The molecule has 0 aliphatic carbocycles. The van der Waals surface area contributed by atoms with Crippen LogP contribution < -0.4 is 16.2 Å². The molecule has 13 heavy (non-hydrogen) atoms. The van der Waals surface area contributed by atoms with Gasteiger partial charge < -0.3 is 16.2 Å². The first-order valence-electron chi connectivity index (χ1n) is 4.47. The molecule has 1 aliphatic rings. The van der Waals surface area contributed by atoms with Gasteiger partial charge in [0, 0.05) is 23.7 Å². The Labute approximate surface area is 77.7 Å². The summed E-state index contributed by atoms with van der Waals surface area (Å²) in [6, 6.07) is 3.96. The second-order valence-corrected chi connectivity index (χ2v) is 3.51. The Bertz CT molecular complexity index is 336. The molecule has 0 bridgehead atoms. The van der Waals surface area contributed by atoms with Crippen LogP contribution in [0.25, 0.3) is 0 Å². The lowest BCUT2D eigenvalue weighted by Crippen LogP contribution is -2.22. The maximum atomic E-state index is 5.94. The molecule has 0 spiro atoms. The van der Waals surface area contributed by atoms with Gasteiger partial charge in [0.15, 0.2) is 0 Å². The third-order valence-electron chi connectivity index (χ3n) is 2.38. The van der Waals surface area contributed by atoms with Crippen molar-refractivity contribution in [2.24, 2.45) is 5.73 Å². The lowest BCUT2D eigenvalue weighted by Gasteiger charge is -2.24. The van der Waals surface area contributed by atoms with E-state index < -0.39 is 0 Å². The van der Waals surface area contributed by atoms with E-state index in [4.69, 9.17) is 16.2 Å². The number of aryl methyl sites for hydroxylation is 1. The number of nitrogen functional groups attached to an aromatic ring is 1. The highest BCUT2D eigenvalue weighted by atomic mass is 16.5. The highest BCUT2D eigenvalue weighted by Gasteiger charge is 2.20. The first kappa shape index (κ1) is 8.38. The molecule has 0 amide bonds. The fourth-order valence-electron chi connectivity index (χ4n) is 1.75. The fraction of sp³-hybridized carbons (Fsp3) is 0.400. The number of benzene rings is 1. The molecular weight excluding hydrogens is 164 g/mol.